The third kappa shape index (κ3) is 4.27. The van der Waals surface area contributed by atoms with Crippen molar-refractivity contribution in [2.75, 3.05) is 7.11 Å². The molecule has 0 heterocycles. The fourth-order valence-electron chi connectivity index (χ4n) is 1.79. The number of carbonyl (C=O) groups excluding carboxylic acids is 1. The molecule has 0 saturated carbocycles. The monoisotopic (exact) mass is 266 g/mol. The van der Waals surface area contributed by atoms with E-state index in [1.165, 1.54) is 7.11 Å². The molecule has 0 aliphatic heterocycles. The molecule has 3 nitrogen and oxygen atoms in total. The van der Waals surface area contributed by atoms with Crippen LogP contribution in [0.2, 0.25) is 19.6 Å². The number of hydrogen-bond acceptors (Lipinski definition) is 3. The number of esters is 1. The summed E-state index contributed by atoms with van der Waals surface area (Å²) in [5, 5.41) is 0. The van der Waals surface area contributed by atoms with E-state index in [1.807, 2.05) is 37.3 Å². The molecule has 1 aromatic rings. The molecular weight excluding hydrogens is 244 g/mol. The van der Waals surface area contributed by atoms with Gasteiger partial charge < -0.3 is 9.16 Å². The van der Waals surface area contributed by atoms with Crippen molar-refractivity contribution < 1.29 is 14.0 Å². The van der Waals surface area contributed by atoms with Crippen molar-refractivity contribution in [1.29, 1.82) is 0 Å². The zero-order valence-electron chi connectivity index (χ0n) is 11.8. The van der Waals surface area contributed by atoms with Gasteiger partial charge in [0.2, 0.25) is 0 Å². The number of methoxy groups -OCH3 is 1. The largest absolute Gasteiger partial charge is 0.469 e. The van der Waals surface area contributed by atoms with Crippen LogP contribution in [-0.2, 0) is 14.0 Å². The van der Waals surface area contributed by atoms with Crippen LogP contribution < -0.4 is 0 Å². The first-order chi connectivity index (χ1) is 8.35. The minimum absolute atomic E-state index is 0.231. The van der Waals surface area contributed by atoms with Crippen LogP contribution in [0.5, 0.6) is 0 Å². The molecule has 0 spiro atoms. The molecule has 0 N–H and O–H groups in total. The lowest BCUT2D eigenvalue weighted by Crippen LogP contribution is -2.33. The molecule has 0 saturated heterocycles. The van der Waals surface area contributed by atoms with Gasteiger partial charge in [-0.25, -0.2) is 0 Å². The minimum atomic E-state index is -1.73. The fourth-order valence-corrected chi connectivity index (χ4v) is 2.89. The van der Waals surface area contributed by atoms with Crippen molar-refractivity contribution in [2.45, 2.75) is 32.7 Å². The first kappa shape index (κ1) is 14.9. The molecule has 4 heteroatoms. The molecule has 0 aliphatic carbocycles. The first-order valence-electron chi connectivity index (χ1n) is 6.16. The Kier molecular flexibility index (Phi) is 5.11. The molecule has 2 unspecified atom stereocenters. The zero-order chi connectivity index (χ0) is 13.8. The number of hydrogen-bond donors (Lipinski definition) is 0. The van der Waals surface area contributed by atoms with Gasteiger partial charge in [0.05, 0.1) is 19.1 Å². The Morgan fingerprint density at radius 1 is 1.17 bits per heavy atom. The van der Waals surface area contributed by atoms with Crippen molar-refractivity contribution in [2.24, 2.45) is 5.92 Å². The standard InChI is InChI=1S/C14H22O3Si/c1-11(14(15)16-2)13(17-18(3,4)5)12-9-7-6-8-10-12/h6-11,13H,1-5H3. The van der Waals surface area contributed by atoms with Gasteiger partial charge in [0.25, 0.3) is 0 Å². The Balaban J connectivity index is 2.99. The van der Waals surface area contributed by atoms with E-state index in [9.17, 15) is 4.79 Å². The molecule has 2 atom stereocenters. The van der Waals surface area contributed by atoms with Crippen molar-refractivity contribution in [3.8, 4) is 0 Å². The Hall–Kier alpha value is -1.13. The highest BCUT2D eigenvalue weighted by molar-refractivity contribution is 6.69. The zero-order valence-corrected chi connectivity index (χ0v) is 12.8. The highest BCUT2D eigenvalue weighted by Crippen LogP contribution is 2.30. The summed E-state index contributed by atoms with van der Waals surface area (Å²) in [4.78, 5) is 11.7. The third-order valence-electron chi connectivity index (χ3n) is 2.64. The smallest absolute Gasteiger partial charge is 0.311 e. The van der Waals surface area contributed by atoms with Crippen LogP contribution in [0.1, 0.15) is 18.6 Å². The summed E-state index contributed by atoms with van der Waals surface area (Å²) in [6, 6.07) is 9.85. The first-order valence-corrected chi connectivity index (χ1v) is 9.56. The molecule has 0 bridgehead atoms. The number of carbonyl (C=O) groups is 1. The highest BCUT2D eigenvalue weighted by atomic mass is 28.4. The lowest BCUT2D eigenvalue weighted by molar-refractivity contribution is -0.148. The molecule has 0 radical (unpaired) electrons. The summed E-state index contributed by atoms with van der Waals surface area (Å²) in [7, 11) is -0.320. The van der Waals surface area contributed by atoms with Gasteiger partial charge in [0, 0.05) is 0 Å². The number of benzene rings is 1. The van der Waals surface area contributed by atoms with Crippen molar-refractivity contribution in [3.63, 3.8) is 0 Å². The van der Waals surface area contributed by atoms with Crippen LogP contribution in [0.4, 0.5) is 0 Å². The Bertz CT molecular complexity index is 384. The summed E-state index contributed by atoms with van der Waals surface area (Å²) in [5.41, 5.74) is 1.03. The van der Waals surface area contributed by atoms with E-state index in [2.05, 4.69) is 19.6 Å². The van der Waals surface area contributed by atoms with Gasteiger partial charge in [-0.3, -0.25) is 4.79 Å². The molecular formula is C14H22O3Si. The van der Waals surface area contributed by atoms with E-state index < -0.39 is 8.32 Å². The second-order valence-electron chi connectivity index (χ2n) is 5.37. The summed E-state index contributed by atoms with van der Waals surface area (Å²) < 4.78 is 11.0. The molecule has 0 fully saturated rings. The quantitative estimate of drug-likeness (QED) is 0.605. The van der Waals surface area contributed by atoms with Crippen molar-refractivity contribution >= 4 is 14.3 Å². The van der Waals surface area contributed by atoms with Crippen LogP contribution in [0.15, 0.2) is 30.3 Å². The van der Waals surface area contributed by atoms with Crippen LogP contribution in [-0.4, -0.2) is 21.4 Å². The maximum atomic E-state index is 11.7. The molecule has 0 aliphatic rings. The van der Waals surface area contributed by atoms with Crippen LogP contribution in [0.3, 0.4) is 0 Å². The van der Waals surface area contributed by atoms with E-state index in [4.69, 9.17) is 9.16 Å². The summed E-state index contributed by atoms with van der Waals surface area (Å²) in [6.07, 6.45) is -0.231. The molecule has 1 aromatic carbocycles. The predicted molar refractivity (Wildman–Crippen MR) is 74.8 cm³/mol. The minimum Gasteiger partial charge on any atom is -0.469 e. The summed E-state index contributed by atoms with van der Waals surface area (Å²) in [5.74, 6) is -0.536. The van der Waals surface area contributed by atoms with Gasteiger partial charge in [0.1, 0.15) is 0 Å². The van der Waals surface area contributed by atoms with Gasteiger partial charge in [-0.2, -0.15) is 0 Å². The molecule has 0 aromatic heterocycles. The molecule has 1 rings (SSSR count). The second kappa shape index (κ2) is 6.16. The van der Waals surface area contributed by atoms with Gasteiger partial charge in [-0.15, -0.1) is 0 Å². The maximum Gasteiger partial charge on any atom is 0.311 e. The average molecular weight is 266 g/mol. The van der Waals surface area contributed by atoms with Crippen molar-refractivity contribution in [3.05, 3.63) is 35.9 Å². The number of ether oxygens (including phenoxy) is 1. The third-order valence-corrected chi connectivity index (χ3v) is 3.60. The van der Waals surface area contributed by atoms with E-state index in [-0.39, 0.29) is 18.0 Å². The fraction of sp³-hybridized carbons (Fsp3) is 0.500. The van der Waals surface area contributed by atoms with E-state index in [1.54, 1.807) is 0 Å². The lowest BCUT2D eigenvalue weighted by atomic mass is 9.98. The topological polar surface area (TPSA) is 35.5 Å². The lowest BCUT2D eigenvalue weighted by Gasteiger charge is -2.30. The summed E-state index contributed by atoms with van der Waals surface area (Å²) in [6.45, 7) is 8.20. The van der Waals surface area contributed by atoms with E-state index in [0.717, 1.165) is 5.56 Å². The second-order valence-corrected chi connectivity index (χ2v) is 9.83. The highest BCUT2D eigenvalue weighted by Gasteiger charge is 2.31. The molecule has 18 heavy (non-hydrogen) atoms. The Morgan fingerprint density at radius 3 is 2.17 bits per heavy atom. The molecule has 100 valence electrons. The Labute approximate surface area is 110 Å². The summed E-state index contributed by atoms with van der Waals surface area (Å²) >= 11 is 0. The average Bonchev–Trinajstić information content (AvgIpc) is 2.34. The predicted octanol–water partition coefficient (Wildman–Crippen LogP) is 3.39. The SMILES string of the molecule is COC(=O)C(C)C(O[Si](C)(C)C)c1ccccc1. The van der Waals surface area contributed by atoms with Crippen LogP contribution in [0, 0.1) is 5.92 Å². The maximum absolute atomic E-state index is 11.7. The van der Waals surface area contributed by atoms with Gasteiger partial charge in [-0.05, 0) is 32.1 Å². The van der Waals surface area contributed by atoms with E-state index in [0.29, 0.717) is 0 Å². The van der Waals surface area contributed by atoms with Gasteiger partial charge >= 0.3 is 5.97 Å². The number of rotatable bonds is 5. The van der Waals surface area contributed by atoms with Crippen LogP contribution in [0.25, 0.3) is 0 Å². The van der Waals surface area contributed by atoms with Gasteiger partial charge in [0.15, 0.2) is 8.32 Å². The van der Waals surface area contributed by atoms with Gasteiger partial charge in [-0.1, -0.05) is 30.3 Å². The van der Waals surface area contributed by atoms with Crippen LogP contribution >= 0.6 is 0 Å². The van der Waals surface area contributed by atoms with E-state index >= 15 is 0 Å². The Morgan fingerprint density at radius 2 is 1.72 bits per heavy atom. The normalized spacial score (nSPS) is 14.9. The molecule has 0 amide bonds. The van der Waals surface area contributed by atoms with Crippen molar-refractivity contribution in [1.82, 2.24) is 0 Å².